The average Bonchev–Trinajstić information content (AvgIpc) is 3.15. The third-order valence-corrected chi connectivity index (χ3v) is 5.32. The minimum Gasteiger partial charge on any atom is -0.468 e. The topological polar surface area (TPSA) is 45.5 Å². The second-order valence-electron chi connectivity index (χ2n) is 6.94. The molecule has 2 aliphatic rings. The molecule has 21 heavy (non-hydrogen) atoms. The first-order valence-corrected chi connectivity index (χ1v) is 8.10. The van der Waals surface area contributed by atoms with Gasteiger partial charge in [0.15, 0.2) is 0 Å². The summed E-state index contributed by atoms with van der Waals surface area (Å²) in [5, 5.41) is 3.10. The third kappa shape index (κ3) is 3.31. The summed E-state index contributed by atoms with van der Waals surface area (Å²) in [6.45, 7) is 0.611. The Balaban J connectivity index is 1.48. The molecule has 1 amide bonds. The van der Waals surface area contributed by atoms with Crippen LogP contribution in [0.3, 0.4) is 0 Å². The molecule has 4 nitrogen and oxygen atoms in total. The van der Waals surface area contributed by atoms with Crippen molar-refractivity contribution in [3.05, 3.63) is 24.2 Å². The van der Waals surface area contributed by atoms with E-state index in [4.69, 9.17) is 4.42 Å². The predicted octanol–water partition coefficient (Wildman–Crippen LogP) is 2.82. The molecular formula is C17H26N2O2. The normalized spacial score (nSPS) is 29.0. The Labute approximate surface area is 126 Å². The maximum Gasteiger partial charge on any atom is 0.220 e. The van der Waals surface area contributed by atoms with E-state index < -0.39 is 0 Å². The van der Waals surface area contributed by atoms with E-state index in [1.165, 1.54) is 25.7 Å². The minimum atomic E-state index is 0.101. The molecule has 0 unspecified atom stereocenters. The number of nitrogens with zero attached hydrogens (tertiary/aromatic N) is 1. The fourth-order valence-electron chi connectivity index (χ4n) is 4.17. The molecule has 0 spiro atoms. The minimum absolute atomic E-state index is 0.101. The van der Waals surface area contributed by atoms with Gasteiger partial charge in [0.1, 0.15) is 5.76 Å². The van der Waals surface area contributed by atoms with Gasteiger partial charge in [0.2, 0.25) is 5.91 Å². The van der Waals surface area contributed by atoms with Crippen LogP contribution in [0.15, 0.2) is 22.8 Å². The highest BCUT2D eigenvalue weighted by Crippen LogP contribution is 2.49. The lowest BCUT2D eigenvalue weighted by molar-refractivity contribution is -0.122. The van der Waals surface area contributed by atoms with Gasteiger partial charge in [-0.1, -0.05) is 6.42 Å². The Morgan fingerprint density at radius 3 is 2.86 bits per heavy atom. The quantitative estimate of drug-likeness (QED) is 0.876. The zero-order valence-electron chi connectivity index (χ0n) is 13.0. The number of hydrogen-bond donors (Lipinski definition) is 1. The highest BCUT2D eigenvalue weighted by Gasteiger charge is 2.40. The third-order valence-electron chi connectivity index (χ3n) is 5.32. The van der Waals surface area contributed by atoms with E-state index in [1.807, 2.05) is 26.2 Å². The average molecular weight is 290 g/mol. The molecule has 2 aliphatic carbocycles. The van der Waals surface area contributed by atoms with E-state index in [0.29, 0.717) is 18.9 Å². The summed E-state index contributed by atoms with van der Waals surface area (Å²) in [5.74, 6) is 3.46. The molecule has 0 saturated heterocycles. The second kappa shape index (κ2) is 6.22. The summed E-state index contributed by atoms with van der Waals surface area (Å²) in [6, 6.07) is 3.96. The van der Waals surface area contributed by atoms with Crippen molar-refractivity contribution in [2.75, 3.05) is 20.6 Å². The van der Waals surface area contributed by atoms with E-state index in [-0.39, 0.29) is 11.9 Å². The summed E-state index contributed by atoms with van der Waals surface area (Å²) in [7, 11) is 4.02. The zero-order valence-corrected chi connectivity index (χ0v) is 13.0. The van der Waals surface area contributed by atoms with Gasteiger partial charge in [-0.25, -0.2) is 0 Å². The summed E-state index contributed by atoms with van der Waals surface area (Å²) in [4.78, 5) is 14.3. The monoisotopic (exact) mass is 290 g/mol. The van der Waals surface area contributed by atoms with Gasteiger partial charge in [0.25, 0.3) is 0 Å². The first-order chi connectivity index (χ1) is 10.1. The van der Waals surface area contributed by atoms with Crippen LogP contribution in [0.4, 0.5) is 0 Å². The largest absolute Gasteiger partial charge is 0.468 e. The van der Waals surface area contributed by atoms with E-state index in [2.05, 4.69) is 10.2 Å². The molecule has 0 aliphatic heterocycles. The van der Waals surface area contributed by atoms with Crippen molar-refractivity contribution < 1.29 is 9.21 Å². The Kier molecular flexibility index (Phi) is 4.34. The maximum atomic E-state index is 12.2. The maximum absolute atomic E-state index is 12.2. The van der Waals surface area contributed by atoms with Crippen LogP contribution < -0.4 is 5.32 Å². The van der Waals surface area contributed by atoms with Gasteiger partial charge in [-0.05, 0) is 63.2 Å². The molecule has 0 radical (unpaired) electrons. The molecular weight excluding hydrogens is 264 g/mol. The molecule has 1 aromatic rings. The number of carbonyl (C=O) groups is 1. The van der Waals surface area contributed by atoms with Gasteiger partial charge in [-0.15, -0.1) is 0 Å². The van der Waals surface area contributed by atoms with Crippen LogP contribution in [0.5, 0.6) is 0 Å². The molecule has 2 fully saturated rings. The van der Waals surface area contributed by atoms with Gasteiger partial charge in [0.05, 0.1) is 12.3 Å². The van der Waals surface area contributed by atoms with Gasteiger partial charge in [0, 0.05) is 13.0 Å². The summed E-state index contributed by atoms with van der Waals surface area (Å²) >= 11 is 0. The SMILES string of the molecule is CN(C)[C@@H](CNC(=O)C[C@@H]1C[C@H]2CC[C@H]1C2)c1ccco1. The van der Waals surface area contributed by atoms with Crippen molar-refractivity contribution in [3.63, 3.8) is 0 Å². The van der Waals surface area contributed by atoms with Crippen molar-refractivity contribution in [2.45, 2.75) is 38.1 Å². The Hall–Kier alpha value is -1.29. The molecule has 1 aromatic heterocycles. The van der Waals surface area contributed by atoms with Crippen LogP contribution in [0.1, 0.15) is 43.9 Å². The van der Waals surface area contributed by atoms with Crippen molar-refractivity contribution in [1.82, 2.24) is 10.2 Å². The van der Waals surface area contributed by atoms with Crippen LogP contribution in [-0.4, -0.2) is 31.4 Å². The van der Waals surface area contributed by atoms with Crippen LogP contribution in [0.25, 0.3) is 0 Å². The lowest BCUT2D eigenvalue weighted by Gasteiger charge is -2.24. The molecule has 2 saturated carbocycles. The van der Waals surface area contributed by atoms with E-state index in [9.17, 15) is 4.79 Å². The first kappa shape index (κ1) is 14.6. The fourth-order valence-corrected chi connectivity index (χ4v) is 4.17. The Morgan fingerprint density at radius 2 is 2.29 bits per heavy atom. The summed E-state index contributed by atoms with van der Waals surface area (Å²) < 4.78 is 5.47. The summed E-state index contributed by atoms with van der Waals surface area (Å²) in [5.41, 5.74) is 0. The molecule has 0 aromatic carbocycles. The number of carbonyl (C=O) groups excluding carboxylic acids is 1. The number of likely N-dealkylation sites (N-methyl/N-ethyl adjacent to an activating group) is 1. The van der Waals surface area contributed by atoms with Crippen LogP contribution >= 0.6 is 0 Å². The standard InChI is InChI=1S/C17H26N2O2/c1-19(2)15(16-4-3-7-21-16)11-18-17(20)10-14-9-12-5-6-13(14)8-12/h3-4,7,12-15H,5-6,8-11H2,1-2H3,(H,18,20)/t12-,13-,14-,15-/m0/s1. The molecule has 3 rings (SSSR count). The highest BCUT2D eigenvalue weighted by atomic mass is 16.3. The van der Waals surface area contributed by atoms with E-state index in [1.54, 1.807) is 6.26 Å². The number of fused-ring (bicyclic) bond motifs is 2. The predicted molar refractivity (Wildman–Crippen MR) is 81.7 cm³/mol. The summed E-state index contributed by atoms with van der Waals surface area (Å²) in [6.07, 6.45) is 7.76. The van der Waals surface area contributed by atoms with Crippen LogP contribution in [0, 0.1) is 17.8 Å². The molecule has 4 heteroatoms. The fraction of sp³-hybridized carbons (Fsp3) is 0.706. The van der Waals surface area contributed by atoms with Gasteiger partial charge in [-0.2, -0.15) is 0 Å². The van der Waals surface area contributed by atoms with Gasteiger partial charge < -0.3 is 9.73 Å². The second-order valence-corrected chi connectivity index (χ2v) is 6.94. The molecule has 116 valence electrons. The number of amides is 1. The number of rotatable bonds is 6. The number of furan rings is 1. The van der Waals surface area contributed by atoms with Gasteiger partial charge >= 0.3 is 0 Å². The first-order valence-electron chi connectivity index (χ1n) is 8.10. The van der Waals surface area contributed by atoms with Crippen LogP contribution in [-0.2, 0) is 4.79 Å². The van der Waals surface area contributed by atoms with Gasteiger partial charge in [-0.3, -0.25) is 9.69 Å². The molecule has 1 heterocycles. The number of hydrogen-bond acceptors (Lipinski definition) is 3. The van der Waals surface area contributed by atoms with Crippen LogP contribution in [0.2, 0.25) is 0 Å². The van der Waals surface area contributed by atoms with Crippen molar-refractivity contribution in [3.8, 4) is 0 Å². The lowest BCUT2D eigenvalue weighted by atomic mass is 9.86. The van der Waals surface area contributed by atoms with Crippen molar-refractivity contribution >= 4 is 5.91 Å². The molecule has 4 atom stereocenters. The smallest absolute Gasteiger partial charge is 0.220 e. The van der Waals surface area contributed by atoms with Crippen molar-refractivity contribution in [2.24, 2.45) is 17.8 Å². The molecule has 1 N–H and O–H groups in total. The van der Waals surface area contributed by atoms with E-state index >= 15 is 0 Å². The van der Waals surface area contributed by atoms with Crippen molar-refractivity contribution in [1.29, 1.82) is 0 Å². The number of nitrogens with one attached hydrogen (secondary N) is 1. The Morgan fingerprint density at radius 1 is 1.43 bits per heavy atom. The molecule has 2 bridgehead atoms. The van der Waals surface area contributed by atoms with E-state index in [0.717, 1.165) is 17.6 Å². The highest BCUT2D eigenvalue weighted by molar-refractivity contribution is 5.76. The zero-order chi connectivity index (χ0) is 14.8. The Bertz CT molecular complexity index is 469. The lowest BCUT2D eigenvalue weighted by Crippen LogP contribution is -2.35.